The maximum atomic E-state index is 12.2. The van der Waals surface area contributed by atoms with Crippen LogP contribution < -0.4 is 10.5 Å². The number of sulfonamides is 1. The highest BCUT2D eigenvalue weighted by Gasteiger charge is 2.29. The van der Waals surface area contributed by atoms with Crippen molar-refractivity contribution in [1.29, 1.82) is 0 Å². The average molecular weight is 298 g/mol. The van der Waals surface area contributed by atoms with E-state index in [2.05, 4.69) is 0 Å². The fourth-order valence-electron chi connectivity index (χ4n) is 2.03. The molecule has 0 spiro atoms. The van der Waals surface area contributed by atoms with Gasteiger partial charge in [-0.15, -0.1) is 0 Å². The Morgan fingerprint density at radius 2 is 2.05 bits per heavy atom. The third-order valence-corrected chi connectivity index (χ3v) is 5.30. The number of hydrogen-bond acceptors (Lipinski definition) is 4. The predicted molar refractivity (Wildman–Crippen MR) is 80.1 cm³/mol. The van der Waals surface area contributed by atoms with Gasteiger partial charge in [0.25, 0.3) is 0 Å². The van der Waals surface area contributed by atoms with Gasteiger partial charge in [-0.3, -0.25) is 0 Å². The number of nitrogen functional groups attached to an aromatic ring is 1. The van der Waals surface area contributed by atoms with Crippen LogP contribution in [0.25, 0.3) is 0 Å². The first-order valence-electron chi connectivity index (χ1n) is 6.98. The lowest BCUT2D eigenvalue weighted by Crippen LogP contribution is -2.36. The summed E-state index contributed by atoms with van der Waals surface area (Å²) in [5.41, 5.74) is 6.27. The Balaban J connectivity index is 1.86. The highest BCUT2D eigenvalue weighted by molar-refractivity contribution is 7.89. The summed E-state index contributed by atoms with van der Waals surface area (Å²) in [6, 6.07) is 7.10. The largest absolute Gasteiger partial charge is 0.490 e. The van der Waals surface area contributed by atoms with Crippen molar-refractivity contribution in [3.05, 3.63) is 24.3 Å². The van der Waals surface area contributed by atoms with Gasteiger partial charge in [-0.2, -0.15) is 0 Å². The molecule has 1 aromatic carbocycles. The van der Waals surface area contributed by atoms with Crippen LogP contribution >= 0.6 is 0 Å². The van der Waals surface area contributed by atoms with Gasteiger partial charge in [-0.1, -0.05) is 19.1 Å². The summed E-state index contributed by atoms with van der Waals surface area (Å²) in [4.78, 5) is 0. The molecule has 0 heterocycles. The number of nitrogens with zero attached hydrogens (tertiary/aromatic N) is 1. The Hall–Kier alpha value is -1.27. The minimum Gasteiger partial charge on any atom is -0.490 e. The molecule has 5 nitrogen and oxygen atoms in total. The molecule has 1 aliphatic carbocycles. The molecule has 0 atom stereocenters. The van der Waals surface area contributed by atoms with Gasteiger partial charge in [0.15, 0.2) is 0 Å². The van der Waals surface area contributed by atoms with E-state index >= 15 is 0 Å². The van der Waals surface area contributed by atoms with E-state index in [1.807, 2.05) is 19.1 Å². The molecular formula is C14H22N2O3S. The van der Waals surface area contributed by atoms with Crippen LogP contribution in [0.4, 0.5) is 5.69 Å². The van der Waals surface area contributed by atoms with Gasteiger partial charge < -0.3 is 10.5 Å². The third-order valence-electron chi connectivity index (χ3n) is 3.42. The summed E-state index contributed by atoms with van der Waals surface area (Å²) in [5.74, 6) is 1.07. The summed E-state index contributed by atoms with van der Waals surface area (Å²) in [6.45, 7) is 3.16. The quantitative estimate of drug-likeness (QED) is 0.742. The van der Waals surface area contributed by atoms with Crippen molar-refractivity contribution in [2.24, 2.45) is 5.92 Å². The summed E-state index contributed by atoms with van der Waals surface area (Å²) < 4.78 is 31.4. The fourth-order valence-corrected chi connectivity index (χ4v) is 3.41. The van der Waals surface area contributed by atoms with E-state index in [1.165, 1.54) is 0 Å². The van der Waals surface area contributed by atoms with Crippen molar-refractivity contribution < 1.29 is 13.2 Å². The molecular weight excluding hydrogens is 276 g/mol. The Kier molecular flexibility index (Phi) is 4.88. The minimum atomic E-state index is -3.24. The van der Waals surface area contributed by atoms with Gasteiger partial charge in [-0.05, 0) is 30.9 Å². The third kappa shape index (κ3) is 4.11. The number of ether oxygens (including phenoxy) is 1. The van der Waals surface area contributed by atoms with E-state index in [-0.39, 0.29) is 12.4 Å². The Labute approximate surface area is 120 Å². The normalized spacial score (nSPS) is 15.5. The van der Waals surface area contributed by atoms with Crippen molar-refractivity contribution in [3.63, 3.8) is 0 Å². The van der Waals surface area contributed by atoms with Crippen LogP contribution in [-0.4, -0.2) is 38.2 Å². The number of rotatable bonds is 8. The van der Waals surface area contributed by atoms with Gasteiger partial charge in [0.2, 0.25) is 10.0 Å². The predicted octanol–water partition coefficient (Wildman–Crippen LogP) is 1.71. The van der Waals surface area contributed by atoms with Crippen LogP contribution in [0.1, 0.15) is 19.8 Å². The molecule has 0 amide bonds. The van der Waals surface area contributed by atoms with Crippen molar-refractivity contribution in [2.45, 2.75) is 19.8 Å². The first-order chi connectivity index (χ1) is 9.53. The van der Waals surface area contributed by atoms with Crippen LogP contribution in [0.3, 0.4) is 0 Å². The van der Waals surface area contributed by atoms with Crippen LogP contribution in [0.15, 0.2) is 24.3 Å². The number of para-hydroxylation sites is 2. The number of benzene rings is 1. The molecule has 0 bridgehead atoms. The molecule has 20 heavy (non-hydrogen) atoms. The minimum absolute atomic E-state index is 0.0120. The fraction of sp³-hybridized carbons (Fsp3) is 0.571. The number of nitrogens with two attached hydrogens (primary N) is 1. The standard InChI is InChI=1S/C14H22N2O3S/c1-2-16(11-12-7-8-12)20(17,18)10-9-19-14-6-4-3-5-13(14)15/h3-6,12H,2,7-11,15H2,1H3. The molecule has 0 radical (unpaired) electrons. The van der Waals surface area contributed by atoms with Crippen molar-refractivity contribution >= 4 is 15.7 Å². The summed E-state index contributed by atoms with van der Waals surface area (Å²) >= 11 is 0. The molecule has 0 aromatic heterocycles. The molecule has 6 heteroatoms. The Bertz CT molecular complexity index is 541. The first kappa shape index (κ1) is 15.1. The Morgan fingerprint density at radius 3 is 2.65 bits per heavy atom. The van der Waals surface area contributed by atoms with Crippen LogP contribution in [0.5, 0.6) is 5.75 Å². The second-order valence-electron chi connectivity index (χ2n) is 5.10. The van der Waals surface area contributed by atoms with E-state index in [0.29, 0.717) is 30.4 Å². The van der Waals surface area contributed by atoms with Crippen LogP contribution in [0, 0.1) is 5.92 Å². The molecule has 1 saturated carbocycles. The summed E-state index contributed by atoms with van der Waals surface area (Å²) in [5, 5.41) is 0. The lowest BCUT2D eigenvalue weighted by Gasteiger charge is -2.20. The first-order valence-corrected chi connectivity index (χ1v) is 8.59. The second kappa shape index (κ2) is 6.45. The molecule has 2 N–H and O–H groups in total. The maximum absolute atomic E-state index is 12.2. The van der Waals surface area contributed by atoms with Crippen molar-refractivity contribution in [3.8, 4) is 5.75 Å². The summed E-state index contributed by atoms with van der Waals surface area (Å²) in [7, 11) is -3.24. The lowest BCUT2D eigenvalue weighted by atomic mass is 10.3. The SMILES string of the molecule is CCN(CC1CC1)S(=O)(=O)CCOc1ccccc1N. The van der Waals surface area contributed by atoms with E-state index < -0.39 is 10.0 Å². The average Bonchev–Trinajstić information content (AvgIpc) is 3.22. The topological polar surface area (TPSA) is 72.6 Å². The van der Waals surface area contributed by atoms with Gasteiger partial charge in [0.05, 0.1) is 11.4 Å². The highest BCUT2D eigenvalue weighted by atomic mass is 32.2. The Morgan fingerprint density at radius 1 is 1.35 bits per heavy atom. The van der Waals surface area contributed by atoms with Crippen LogP contribution in [0.2, 0.25) is 0 Å². The van der Waals surface area contributed by atoms with Crippen molar-refractivity contribution in [2.75, 3.05) is 31.2 Å². The zero-order chi connectivity index (χ0) is 14.6. The lowest BCUT2D eigenvalue weighted by molar-refractivity contribution is 0.335. The van der Waals surface area contributed by atoms with E-state index in [1.54, 1.807) is 16.4 Å². The maximum Gasteiger partial charge on any atom is 0.217 e. The zero-order valence-corrected chi connectivity index (χ0v) is 12.6. The summed E-state index contributed by atoms with van der Waals surface area (Å²) in [6.07, 6.45) is 2.28. The number of anilines is 1. The molecule has 1 aromatic rings. The molecule has 0 aliphatic heterocycles. The molecule has 2 rings (SSSR count). The molecule has 1 aliphatic rings. The molecule has 112 valence electrons. The second-order valence-corrected chi connectivity index (χ2v) is 7.18. The van der Waals surface area contributed by atoms with Crippen molar-refractivity contribution in [1.82, 2.24) is 4.31 Å². The molecule has 1 fully saturated rings. The monoisotopic (exact) mass is 298 g/mol. The highest BCUT2D eigenvalue weighted by Crippen LogP contribution is 2.30. The van der Waals surface area contributed by atoms with E-state index in [4.69, 9.17) is 10.5 Å². The van der Waals surface area contributed by atoms with Crippen LogP contribution in [-0.2, 0) is 10.0 Å². The van der Waals surface area contributed by atoms with E-state index in [9.17, 15) is 8.42 Å². The molecule has 0 saturated heterocycles. The van der Waals surface area contributed by atoms with Gasteiger partial charge in [0.1, 0.15) is 12.4 Å². The van der Waals surface area contributed by atoms with E-state index in [0.717, 1.165) is 12.8 Å². The zero-order valence-electron chi connectivity index (χ0n) is 11.8. The van der Waals surface area contributed by atoms with Gasteiger partial charge in [0, 0.05) is 13.1 Å². The smallest absolute Gasteiger partial charge is 0.217 e. The van der Waals surface area contributed by atoms with Gasteiger partial charge in [-0.25, -0.2) is 12.7 Å². The number of hydrogen-bond donors (Lipinski definition) is 1. The molecule has 0 unspecified atom stereocenters. The van der Waals surface area contributed by atoms with Gasteiger partial charge >= 0.3 is 0 Å².